The maximum atomic E-state index is 9.83. The first-order chi connectivity index (χ1) is 10.1. The van der Waals surface area contributed by atoms with Gasteiger partial charge in [-0.15, -0.1) is 0 Å². The van der Waals surface area contributed by atoms with E-state index >= 15 is 0 Å². The fourth-order valence-electron chi connectivity index (χ4n) is 2.64. The van der Waals surface area contributed by atoms with Crippen LogP contribution >= 0.6 is 0 Å². The first kappa shape index (κ1) is 15.8. The molecular formula is C15H22N4O2. The van der Waals surface area contributed by atoms with Crippen molar-refractivity contribution in [1.82, 2.24) is 4.90 Å². The monoisotopic (exact) mass is 290 g/mol. The number of aliphatic hydroxyl groups is 1. The minimum absolute atomic E-state index is 0.0405. The van der Waals surface area contributed by atoms with E-state index in [1.54, 1.807) is 0 Å². The standard InChI is InChI=1S/C15H22N4O2/c1-11(12-6-4-3-5-7-12)19(2)10-13-8-9-14(17-18-16)15(20)21-13/h3-7,11,13-15,20H,8-10H2,1-2H3/t11-,13+,14-,15+/m0/s1. The van der Waals surface area contributed by atoms with Gasteiger partial charge in [0.05, 0.1) is 12.1 Å². The quantitative estimate of drug-likeness (QED) is 0.514. The van der Waals surface area contributed by atoms with Gasteiger partial charge in [-0.25, -0.2) is 0 Å². The number of benzene rings is 1. The van der Waals surface area contributed by atoms with Crippen LogP contribution in [0, 0.1) is 0 Å². The minimum Gasteiger partial charge on any atom is -0.368 e. The van der Waals surface area contributed by atoms with Crippen molar-refractivity contribution in [3.05, 3.63) is 46.3 Å². The molecular weight excluding hydrogens is 268 g/mol. The summed E-state index contributed by atoms with van der Waals surface area (Å²) in [7, 11) is 2.05. The molecule has 1 N–H and O–H groups in total. The number of hydrogen-bond acceptors (Lipinski definition) is 4. The zero-order valence-electron chi connectivity index (χ0n) is 12.5. The van der Waals surface area contributed by atoms with Crippen LogP contribution in [0.1, 0.15) is 31.4 Å². The Morgan fingerprint density at radius 2 is 2.14 bits per heavy atom. The molecule has 0 spiro atoms. The smallest absolute Gasteiger partial charge is 0.163 e. The second kappa shape index (κ2) is 7.43. The van der Waals surface area contributed by atoms with E-state index in [4.69, 9.17) is 10.3 Å². The van der Waals surface area contributed by atoms with Crippen molar-refractivity contribution in [3.63, 3.8) is 0 Å². The Hall–Kier alpha value is -1.59. The third kappa shape index (κ3) is 4.19. The molecule has 1 aromatic rings. The number of azide groups is 1. The van der Waals surface area contributed by atoms with Crippen LogP contribution in [-0.2, 0) is 4.74 Å². The van der Waals surface area contributed by atoms with Gasteiger partial charge in [0.1, 0.15) is 0 Å². The highest BCUT2D eigenvalue weighted by molar-refractivity contribution is 5.18. The zero-order valence-corrected chi connectivity index (χ0v) is 12.5. The topological polar surface area (TPSA) is 81.5 Å². The third-order valence-corrected chi connectivity index (χ3v) is 4.08. The Balaban J connectivity index is 1.89. The molecule has 0 amide bonds. The van der Waals surface area contributed by atoms with E-state index in [9.17, 15) is 5.11 Å². The van der Waals surface area contributed by atoms with Gasteiger partial charge in [0.25, 0.3) is 0 Å². The van der Waals surface area contributed by atoms with E-state index in [1.165, 1.54) is 5.56 Å². The van der Waals surface area contributed by atoms with Crippen LogP contribution in [0.2, 0.25) is 0 Å². The summed E-state index contributed by atoms with van der Waals surface area (Å²) in [6, 6.07) is 10.1. The van der Waals surface area contributed by atoms with Gasteiger partial charge in [-0.1, -0.05) is 35.4 Å². The maximum Gasteiger partial charge on any atom is 0.163 e. The van der Waals surface area contributed by atoms with Gasteiger partial charge in [0.15, 0.2) is 6.29 Å². The summed E-state index contributed by atoms with van der Waals surface area (Å²) in [6.45, 7) is 2.88. The van der Waals surface area contributed by atoms with Crippen LogP contribution in [0.15, 0.2) is 35.4 Å². The largest absolute Gasteiger partial charge is 0.368 e. The van der Waals surface area contributed by atoms with Crippen LogP contribution in [0.5, 0.6) is 0 Å². The SMILES string of the molecule is C[C@@H](c1ccccc1)N(C)C[C@H]1CC[C@H](N=[N+]=[N-])[C@H](O)O1. The molecule has 0 aromatic heterocycles. The molecule has 1 saturated heterocycles. The van der Waals surface area contributed by atoms with E-state index in [0.29, 0.717) is 6.42 Å². The van der Waals surface area contributed by atoms with Crippen molar-refractivity contribution >= 4 is 0 Å². The molecule has 21 heavy (non-hydrogen) atoms. The fourth-order valence-corrected chi connectivity index (χ4v) is 2.64. The van der Waals surface area contributed by atoms with E-state index in [-0.39, 0.29) is 12.1 Å². The summed E-state index contributed by atoms with van der Waals surface area (Å²) in [4.78, 5) is 4.95. The number of hydrogen-bond donors (Lipinski definition) is 1. The van der Waals surface area contributed by atoms with Crippen LogP contribution in [0.4, 0.5) is 0 Å². The van der Waals surface area contributed by atoms with E-state index in [0.717, 1.165) is 13.0 Å². The predicted molar refractivity (Wildman–Crippen MR) is 80.5 cm³/mol. The highest BCUT2D eigenvalue weighted by Crippen LogP contribution is 2.24. The molecule has 114 valence electrons. The lowest BCUT2D eigenvalue weighted by molar-refractivity contribution is -0.176. The molecule has 6 heteroatoms. The number of likely N-dealkylation sites (N-methyl/N-ethyl adjacent to an activating group) is 1. The number of ether oxygens (including phenoxy) is 1. The van der Waals surface area contributed by atoms with Crippen LogP contribution in [0.25, 0.3) is 10.4 Å². The summed E-state index contributed by atoms with van der Waals surface area (Å²) in [5, 5.41) is 13.4. The second-order valence-electron chi connectivity index (χ2n) is 5.52. The minimum atomic E-state index is -1.000. The molecule has 4 atom stereocenters. The lowest BCUT2D eigenvalue weighted by atomic mass is 10.0. The van der Waals surface area contributed by atoms with Crippen molar-refractivity contribution in [3.8, 4) is 0 Å². The molecule has 0 radical (unpaired) electrons. The molecule has 0 unspecified atom stereocenters. The summed E-state index contributed by atoms with van der Waals surface area (Å²) < 4.78 is 5.56. The van der Waals surface area contributed by atoms with Crippen LogP contribution < -0.4 is 0 Å². The maximum absolute atomic E-state index is 9.83. The lowest BCUT2D eigenvalue weighted by Crippen LogP contribution is -2.42. The molecule has 2 rings (SSSR count). The van der Waals surface area contributed by atoms with Gasteiger partial charge in [0.2, 0.25) is 0 Å². The van der Waals surface area contributed by atoms with Gasteiger partial charge in [-0.3, -0.25) is 4.90 Å². The van der Waals surface area contributed by atoms with Crippen LogP contribution in [-0.4, -0.2) is 42.0 Å². The second-order valence-corrected chi connectivity index (χ2v) is 5.52. The Labute approximate surface area is 125 Å². The summed E-state index contributed by atoms with van der Waals surface area (Å²) in [5.41, 5.74) is 9.68. The number of nitrogens with zero attached hydrogens (tertiary/aromatic N) is 4. The summed E-state index contributed by atoms with van der Waals surface area (Å²) in [5.74, 6) is 0. The Morgan fingerprint density at radius 1 is 1.43 bits per heavy atom. The Kier molecular flexibility index (Phi) is 5.59. The van der Waals surface area contributed by atoms with E-state index < -0.39 is 12.3 Å². The molecule has 0 aliphatic carbocycles. The molecule has 6 nitrogen and oxygen atoms in total. The molecule has 1 aromatic carbocycles. The molecule has 0 bridgehead atoms. The van der Waals surface area contributed by atoms with E-state index in [2.05, 4.69) is 34.0 Å². The zero-order chi connectivity index (χ0) is 15.2. The summed E-state index contributed by atoms with van der Waals surface area (Å²) >= 11 is 0. The normalized spacial score (nSPS) is 27.1. The molecule has 1 fully saturated rings. The first-order valence-corrected chi connectivity index (χ1v) is 7.24. The fraction of sp³-hybridized carbons (Fsp3) is 0.600. The van der Waals surface area contributed by atoms with Crippen LogP contribution in [0.3, 0.4) is 0 Å². The van der Waals surface area contributed by atoms with Gasteiger partial charge in [-0.05, 0) is 37.9 Å². The molecule has 0 saturated carbocycles. The number of aliphatic hydroxyl groups excluding tert-OH is 1. The first-order valence-electron chi connectivity index (χ1n) is 7.24. The van der Waals surface area contributed by atoms with Crippen molar-refractivity contribution in [1.29, 1.82) is 0 Å². The van der Waals surface area contributed by atoms with Gasteiger partial charge >= 0.3 is 0 Å². The van der Waals surface area contributed by atoms with Crippen molar-refractivity contribution in [2.24, 2.45) is 5.11 Å². The predicted octanol–water partition coefficient (Wildman–Crippen LogP) is 2.86. The van der Waals surface area contributed by atoms with Crippen molar-refractivity contribution in [2.45, 2.75) is 44.2 Å². The lowest BCUT2D eigenvalue weighted by Gasteiger charge is -2.35. The molecule has 1 heterocycles. The highest BCUT2D eigenvalue weighted by Gasteiger charge is 2.30. The van der Waals surface area contributed by atoms with E-state index in [1.807, 2.05) is 25.2 Å². The highest BCUT2D eigenvalue weighted by atomic mass is 16.6. The molecule has 1 aliphatic rings. The average molecular weight is 290 g/mol. The van der Waals surface area contributed by atoms with Crippen molar-refractivity contribution in [2.75, 3.05) is 13.6 Å². The summed E-state index contributed by atoms with van der Waals surface area (Å²) in [6.07, 6.45) is 0.400. The Bertz CT molecular complexity index is 490. The molecule has 1 aliphatic heterocycles. The van der Waals surface area contributed by atoms with Gasteiger partial charge < -0.3 is 9.84 Å². The number of rotatable bonds is 5. The average Bonchev–Trinajstić information content (AvgIpc) is 2.50. The van der Waals surface area contributed by atoms with Crippen molar-refractivity contribution < 1.29 is 9.84 Å². The van der Waals surface area contributed by atoms with Gasteiger partial charge in [0, 0.05) is 17.5 Å². The third-order valence-electron chi connectivity index (χ3n) is 4.08. The Morgan fingerprint density at radius 3 is 2.76 bits per heavy atom. The van der Waals surface area contributed by atoms with Gasteiger partial charge in [-0.2, -0.15) is 0 Å².